The minimum atomic E-state index is -0.592. The third-order valence-electron chi connectivity index (χ3n) is 3.44. The van der Waals surface area contributed by atoms with E-state index in [0.717, 1.165) is 5.75 Å². The van der Waals surface area contributed by atoms with Crippen LogP contribution in [-0.2, 0) is 0 Å². The van der Waals surface area contributed by atoms with Crippen molar-refractivity contribution in [3.63, 3.8) is 0 Å². The second-order valence-electron chi connectivity index (χ2n) is 5.40. The van der Waals surface area contributed by atoms with E-state index in [-0.39, 0.29) is 19.0 Å². The Bertz CT molecular complexity index is 737. The maximum absolute atomic E-state index is 9.91. The number of rotatable bonds is 9. The molecule has 7 heteroatoms. The Morgan fingerprint density at radius 3 is 1.88 bits per heavy atom. The number of benzene rings is 2. The summed E-state index contributed by atoms with van der Waals surface area (Å²) in [7, 11) is 0. The number of halogens is 1. The Morgan fingerprint density at radius 2 is 1.38 bits per heavy atom. The Morgan fingerprint density at radius 1 is 0.885 bits per heavy atom. The molecule has 0 spiro atoms. The highest BCUT2D eigenvalue weighted by atomic mass is 35.5. The molecule has 2 aromatic carbocycles. The molecule has 26 heavy (non-hydrogen) atoms. The first-order chi connectivity index (χ1) is 12.2. The van der Waals surface area contributed by atoms with Gasteiger partial charge in [-0.25, -0.2) is 0 Å². The van der Waals surface area contributed by atoms with Crippen molar-refractivity contribution in [1.82, 2.24) is 0 Å². The molecule has 0 saturated carbocycles. The monoisotopic (exact) mass is 373 g/mol. The zero-order chi connectivity index (χ0) is 17.9. The summed E-state index contributed by atoms with van der Waals surface area (Å²) in [5, 5.41) is 29.3. The summed E-state index contributed by atoms with van der Waals surface area (Å²) in [5.41, 5.74) is 1.17. The summed E-state index contributed by atoms with van der Waals surface area (Å²) in [6.07, 6.45) is -0.592. The molecule has 0 bridgehead atoms. The normalized spacial score (nSPS) is 10.7. The molecule has 0 aliphatic heterocycles. The molecule has 0 radical (unpaired) electrons. The fourth-order valence-corrected chi connectivity index (χ4v) is 2.08. The lowest BCUT2D eigenvalue weighted by Crippen LogP contribution is -3.00. The largest absolute Gasteiger partial charge is 1.00 e. The molecule has 0 saturated heterocycles. The van der Waals surface area contributed by atoms with E-state index in [1.165, 1.54) is 0 Å². The molecule has 2 rings (SSSR count). The van der Waals surface area contributed by atoms with Crippen LogP contribution in [0.15, 0.2) is 48.5 Å². The maximum Gasteiger partial charge on any atom is 0.137 e. The van der Waals surface area contributed by atoms with E-state index in [1.807, 2.05) is 11.4 Å². The molecule has 0 aromatic heterocycles. The van der Waals surface area contributed by atoms with Crippen LogP contribution in [0.4, 0.5) is 0 Å². The second kappa shape index (κ2) is 11.7. The van der Waals surface area contributed by atoms with Crippen molar-refractivity contribution in [1.29, 1.82) is 10.5 Å². The lowest BCUT2D eigenvalue weighted by Gasteiger charge is -2.12. The minimum Gasteiger partial charge on any atom is -1.00 e. The van der Waals surface area contributed by atoms with Gasteiger partial charge < -0.3 is 32.3 Å². The average molecular weight is 374 g/mol. The zero-order valence-electron chi connectivity index (χ0n) is 14.1. The number of aliphatic hydroxyl groups is 1. The number of nitriles is 2. The first-order valence-electron chi connectivity index (χ1n) is 7.97. The van der Waals surface area contributed by atoms with Crippen LogP contribution in [0, 0.1) is 22.7 Å². The molecule has 0 aliphatic carbocycles. The Hall–Kier alpha value is -2.77. The van der Waals surface area contributed by atoms with Crippen molar-refractivity contribution < 1.29 is 32.3 Å². The van der Waals surface area contributed by atoms with Gasteiger partial charge in [-0.2, -0.15) is 10.5 Å². The van der Waals surface area contributed by atoms with Gasteiger partial charge in [0.25, 0.3) is 0 Å². The second-order valence-corrected chi connectivity index (χ2v) is 5.40. The highest BCUT2D eigenvalue weighted by Gasteiger charge is 2.07. The molecule has 3 N–H and O–H groups in total. The summed E-state index contributed by atoms with van der Waals surface area (Å²) in [6, 6.07) is 17.8. The van der Waals surface area contributed by atoms with E-state index in [1.54, 1.807) is 48.5 Å². The van der Waals surface area contributed by atoms with Gasteiger partial charge in [-0.3, -0.25) is 0 Å². The van der Waals surface area contributed by atoms with Gasteiger partial charge in [0.2, 0.25) is 0 Å². The summed E-state index contributed by atoms with van der Waals surface area (Å²) in [4.78, 5) is 0. The predicted molar refractivity (Wildman–Crippen MR) is 91.0 cm³/mol. The number of nitrogens with zero attached hydrogens (tertiary/aromatic N) is 2. The third-order valence-corrected chi connectivity index (χ3v) is 3.44. The van der Waals surface area contributed by atoms with Crippen LogP contribution < -0.4 is 27.2 Å². The van der Waals surface area contributed by atoms with Gasteiger partial charge in [0.1, 0.15) is 43.9 Å². The van der Waals surface area contributed by atoms with Gasteiger partial charge >= 0.3 is 0 Å². The van der Waals surface area contributed by atoms with E-state index in [0.29, 0.717) is 36.6 Å². The van der Waals surface area contributed by atoms with Crippen molar-refractivity contribution in [2.75, 3.05) is 26.3 Å². The minimum absolute atomic E-state index is 0. The molecule has 1 unspecified atom stereocenters. The third kappa shape index (κ3) is 7.42. The molecular formula is C19H20ClN3O3. The fraction of sp³-hybridized carbons (Fsp3) is 0.263. The molecule has 1 atom stereocenters. The molecule has 0 fully saturated rings. The molecule has 2 aromatic rings. The van der Waals surface area contributed by atoms with Crippen LogP contribution in [0.2, 0.25) is 0 Å². The van der Waals surface area contributed by atoms with E-state index in [9.17, 15) is 5.11 Å². The number of nitrogens with two attached hydrogens (primary N) is 1. The number of quaternary nitrogens is 1. The summed E-state index contributed by atoms with van der Waals surface area (Å²) < 4.78 is 11.0. The summed E-state index contributed by atoms with van der Waals surface area (Å²) >= 11 is 0. The van der Waals surface area contributed by atoms with Gasteiger partial charge in [-0.1, -0.05) is 0 Å². The highest BCUT2D eigenvalue weighted by Crippen LogP contribution is 2.12. The summed E-state index contributed by atoms with van der Waals surface area (Å²) in [5.74, 6) is 1.35. The van der Waals surface area contributed by atoms with Crippen LogP contribution in [-0.4, -0.2) is 37.5 Å². The van der Waals surface area contributed by atoms with Crippen LogP contribution in [0.5, 0.6) is 11.5 Å². The Labute approximate surface area is 159 Å². The smallest absolute Gasteiger partial charge is 0.137 e. The molecule has 0 aliphatic rings. The van der Waals surface area contributed by atoms with E-state index in [2.05, 4.69) is 6.07 Å². The Kier molecular flexibility index (Phi) is 9.59. The first-order valence-corrected chi connectivity index (χ1v) is 7.97. The van der Waals surface area contributed by atoms with Crippen LogP contribution in [0.3, 0.4) is 0 Å². The average Bonchev–Trinajstić information content (AvgIpc) is 2.67. The summed E-state index contributed by atoms with van der Waals surface area (Å²) in [6.45, 7) is 1.91. The van der Waals surface area contributed by atoms with E-state index >= 15 is 0 Å². The van der Waals surface area contributed by atoms with Gasteiger partial charge in [-0.05, 0) is 48.5 Å². The van der Waals surface area contributed by atoms with E-state index in [4.69, 9.17) is 20.0 Å². The quantitative estimate of drug-likeness (QED) is 0.486. The van der Waals surface area contributed by atoms with Gasteiger partial charge in [0.05, 0.1) is 23.3 Å². The molecular weight excluding hydrogens is 354 g/mol. The molecule has 0 amide bonds. The molecule has 136 valence electrons. The maximum atomic E-state index is 9.91. The molecule has 0 heterocycles. The SMILES string of the molecule is N#Cc1ccc(OCC[NH2+]CC(O)COc2ccc(C#N)cc2)cc1.[Cl-]. The number of ether oxygens (including phenoxy) is 2. The fourth-order valence-electron chi connectivity index (χ4n) is 2.08. The van der Waals surface area contributed by atoms with Crippen LogP contribution in [0.25, 0.3) is 0 Å². The first kappa shape index (κ1) is 21.3. The predicted octanol–water partition coefficient (Wildman–Crippen LogP) is -2.18. The molecule has 6 nitrogen and oxygen atoms in total. The van der Waals surface area contributed by atoms with Crippen molar-refractivity contribution in [3.05, 3.63) is 59.7 Å². The van der Waals surface area contributed by atoms with Crippen molar-refractivity contribution in [3.8, 4) is 23.6 Å². The number of hydrogen-bond donors (Lipinski definition) is 2. The lowest BCUT2D eigenvalue weighted by molar-refractivity contribution is -0.661. The van der Waals surface area contributed by atoms with Crippen LogP contribution in [0.1, 0.15) is 11.1 Å². The number of aliphatic hydroxyl groups excluding tert-OH is 1. The van der Waals surface area contributed by atoms with Gasteiger partial charge in [0.15, 0.2) is 0 Å². The van der Waals surface area contributed by atoms with Crippen molar-refractivity contribution >= 4 is 0 Å². The standard InChI is InChI=1S/C19H19N3O3.ClH/c20-11-15-1-5-18(6-2-15)24-10-9-22-13-17(23)14-25-19-7-3-16(12-21)4-8-19;/h1-8,17,22-23H,9-10,13-14H2;1H. The zero-order valence-corrected chi connectivity index (χ0v) is 14.9. The number of hydrogen-bond acceptors (Lipinski definition) is 5. The van der Waals surface area contributed by atoms with E-state index < -0.39 is 6.10 Å². The van der Waals surface area contributed by atoms with Crippen molar-refractivity contribution in [2.24, 2.45) is 0 Å². The van der Waals surface area contributed by atoms with Gasteiger partial charge in [-0.15, -0.1) is 0 Å². The van der Waals surface area contributed by atoms with Crippen molar-refractivity contribution in [2.45, 2.75) is 6.10 Å². The lowest BCUT2D eigenvalue weighted by atomic mass is 10.2. The van der Waals surface area contributed by atoms with Crippen LogP contribution >= 0.6 is 0 Å². The highest BCUT2D eigenvalue weighted by molar-refractivity contribution is 5.35. The Balaban J connectivity index is 0.00000338. The van der Waals surface area contributed by atoms with Gasteiger partial charge in [0, 0.05) is 0 Å². The topological polar surface area (TPSA) is 103 Å².